The molecule has 0 radical (unpaired) electrons. The van der Waals surface area contributed by atoms with Crippen LogP contribution in [0.25, 0.3) is 11.1 Å². The highest BCUT2D eigenvalue weighted by molar-refractivity contribution is 5.71. The van der Waals surface area contributed by atoms with Gasteiger partial charge >= 0.3 is 6.09 Å². The lowest BCUT2D eigenvalue weighted by atomic mass is 9.85. The molecule has 2 aromatic rings. The van der Waals surface area contributed by atoms with E-state index in [9.17, 15) is 4.79 Å². The Labute approximate surface area is 189 Å². The molecular weight excluding hydrogens is 404 g/mol. The van der Waals surface area contributed by atoms with Crippen molar-refractivity contribution < 1.29 is 19.0 Å². The van der Waals surface area contributed by atoms with Gasteiger partial charge in [0.1, 0.15) is 17.6 Å². The first kappa shape index (κ1) is 21.1. The van der Waals surface area contributed by atoms with E-state index < -0.39 is 5.54 Å². The molecule has 0 saturated carbocycles. The lowest BCUT2D eigenvalue weighted by Gasteiger charge is -2.44. The van der Waals surface area contributed by atoms with E-state index in [1.807, 2.05) is 19.1 Å². The molecule has 4 aliphatic heterocycles. The summed E-state index contributed by atoms with van der Waals surface area (Å²) in [6.07, 6.45) is 2.63. The van der Waals surface area contributed by atoms with Crippen molar-refractivity contribution in [1.29, 1.82) is 0 Å². The van der Waals surface area contributed by atoms with E-state index in [0.717, 1.165) is 60.7 Å². The zero-order chi connectivity index (χ0) is 22.1. The predicted molar refractivity (Wildman–Crippen MR) is 123 cm³/mol. The number of amides is 1. The van der Waals surface area contributed by atoms with Crippen molar-refractivity contribution in [2.75, 3.05) is 32.8 Å². The Morgan fingerprint density at radius 1 is 1.16 bits per heavy atom. The second kappa shape index (κ2) is 8.66. The fourth-order valence-corrected chi connectivity index (χ4v) is 5.25. The van der Waals surface area contributed by atoms with Crippen LogP contribution in [0.2, 0.25) is 0 Å². The van der Waals surface area contributed by atoms with Gasteiger partial charge < -0.3 is 19.5 Å². The maximum Gasteiger partial charge on any atom is 0.408 e. The number of hydrogen-bond acceptors (Lipinski definition) is 5. The number of piperidine rings is 3. The van der Waals surface area contributed by atoms with Gasteiger partial charge in [0.25, 0.3) is 0 Å². The third-order valence-corrected chi connectivity index (χ3v) is 7.17. The van der Waals surface area contributed by atoms with Gasteiger partial charge in [-0.25, -0.2) is 4.79 Å². The number of carbonyl (C=O) groups is 1. The van der Waals surface area contributed by atoms with Crippen molar-refractivity contribution in [3.8, 4) is 22.6 Å². The molecule has 4 aliphatic rings. The summed E-state index contributed by atoms with van der Waals surface area (Å²) in [6.45, 7) is 8.36. The van der Waals surface area contributed by atoms with Crippen LogP contribution in [0.3, 0.4) is 0 Å². The van der Waals surface area contributed by atoms with E-state index in [2.05, 4.69) is 47.5 Å². The number of nitrogens with zero attached hydrogens (tertiary/aromatic N) is 1. The van der Waals surface area contributed by atoms with Crippen LogP contribution < -0.4 is 14.8 Å². The molecule has 6 heteroatoms. The van der Waals surface area contributed by atoms with E-state index >= 15 is 0 Å². The van der Waals surface area contributed by atoms with Crippen molar-refractivity contribution in [2.24, 2.45) is 5.92 Å². The normalized spacial score (nSPS) is 28.4. The fourth-order valence-electron chi connectivity index (χ4n) is 5.25. The number of carbonyl (C=O) groups excluding carboxylic acids is 1. The van der Waals surface area contributed by atoms with Crippen molar-refractivity contribution in [1.82, 2.24) is 10.2 Å². The van der Waals surface area contributed by atoms with E-state index in [0.29, 0.717) is 25.6 Å². The fraction of sp³-hybridized carbons (Fsp3) is 0.500. The number of ether oxygens (including phenoxy) is 3. The molecular formula is C26H32N2O4. The number of nitrogens with one attached hydrogen (secondary N) is 1. The molecule has 32 heavy (non-hydrogen) atoms. The highest BCUT2D eigenvalue weighted by atomic mass is 16.6. The van der Waals surface area contributed by atoms with Gasteiger partial charge in [-0.1, -0.05) is 24.3 Å². The number of rotatable bonds is 5. The Morgan fingerprint density at radius 2 is 1.91 bits per heavy atom. The molecule has 1 N–H and O–H groups in total. The zero-order valence-corrected chi connectivity index (χ0v) is 18.9. The summed E-state index contributed by atoms with van der Waals surface area (Å²) >= 11 is 0. The minimum Gasteiger partial charge on any atom is -0.494 e. The molecule has 3 fully saturated rings. The largest absolute Gasteiger partial charge is 0.494 e. The first-order chi connectivity index (χ1) is 15.5. The van der Waals surface area contributed by atoms with Gasteiger partial charge in [0, 0.05) is 18.5 Å². The molecule has 0 spiro atoms. The summed E-state index contributed by atoms with van der Waals surface area (Å²) in [5.41, 5.74) is 2.65. The van der Waals surface area contributed by atoms with Gasteiger partial charge in [0.05, 0.1) is 18.8 Å². The molecule has 2 atom stereocenters. The maximum absolute atomic E-state index is 12.8. The second-order valence-corrected chi connectivity index (χ2v) is 9.31. The molecule has 0 aliphatic carbocycles. The number of alkyl carbamates (subject to hydrolysis) is 1. The predicted octanol–water partition coefficient (Wildman–Crippen LogP) is 4.57. The summed E-state index contributed by atoms with van der Waals surface area (Å²) in [7, 11) is 0. The standard InChI is InChI=1S/C26H32N2O4/c1-3-30-21-7-4-18(5-8-21)20-6-9-22-23(16-20)31-15-12-26(22,2)27-25(29)32-24-17-28-13-10-19(24)11-14-28/h4-9,16,19,24H,3,10-15,17H2,1-2H3,(H,27,29)/t24-,26?/m1/s1. The van der Waals surface area contributed by atoms with Crippen LogP contribution >= 0.6 is 0 Å². The zero-order valence-electron chi connectivity index (χ0n) is 18.9. The third-order valence-electron chi connectivity index (χ3n) is 7.17. The summed E-state index contributed by atoms with van der Waals surface area (Å²) in [5, 5.41) is 3.16. The van der Waals surface area contributed by atoms with Gasteiger partial charge in [-0.05, 0) is 75.0 Å². The van der Waals surface area contributed by atoms with Crippen molar-refractivity contribution in [2.45, 2.75) is 44.8 Å². The number of hydrogen-bond donors (Lipinski definition) is 1. The van der Waals surface area contributed by atoms with Crippen LogP contribution in [0.1, 0.15) is 38.7 Å². The van der Waals surface area contributed by atoms with E-state index in [4.69, 9.17) is 14.2 Å². The quantitative estimate of drug-likeness (QED) is 0.744. The Morgan fingerprint density at radius 3 is 2.59 bits per heavy atom. The Bertz CT molecular complexity index is 968. The molecule has 6 nitrogen and oxygen atoms in total. The van der Waals surface area contributed by atoms with Crippen LogP contribution in [-0.4, -0.2) is 49.9 Å². The first-order valence-corrected chi connectivity index (χ1v) is 11.8. The van der Waals surface area contributed by atoms with Crippen molar-refractivity contribution in [3.63, 3.8) is 0 Å². The Hall–Kier alpha value is -2.73. The molecule has 0 aromatic heterocycles. The summed E-state index contributed by atoms with van der Waals surface area (Å²) in [4.78, 5) is 15.2. The summed E-state index contributed by atoms with van der Waals surface area (Å²) < 4.78 is 17.4. The second-order valence-electron chi connectivity index (χ2n) is 9.31. The minimum absolute atomic E-state index is 0.00227. The summed E-state index contributed by atoms with van der Waals surface area (Å²) in [6, 6.07) is 14.3. The first-order valence-electron chi connectivity index (χ1n) is 11.8. The van der Waals surface area contributed by atoms with Crippen LogP contribution in [0, 0.1) is 5.92 Å². The lowest BCUT2D eigenvalue weighted by Crippen LogP contribution is -2.54. The van der Waals surface area contributed by atoms with Crippen LogP contribution in [0.4, 0.5) is 4.79 Å². The number of fused-ring (bicyclic) bond motifs is 4. The highest BCUT2D eigenvalue weighted by Crippen LogP contribution is 2.40. The third kappa shape index (κ3) is 4.16. The molecule has 3 saturated heterocycles. The van der Waals surface area contributed by atoms with E-state index in [1.54, 1.807) is 0 Å². The maximum atomic E-state index is 12.8. The summed E-state index contributed by atoms with van der Waals surface area (Å²) in [5.74, 6) is 2.18. The number of benzene rings is 2. The van der Waals surface area contributed by atoms with Gasteiger partial charge in [-0.15, -0.1) is 0 Å². The van der Waals surface area contributed by atoms with Gasteiger partial charge in [0.15, 0.2) is 0 Å². The van der Waals surface area contributed by atoms with Gasteiger partial charge in [-0.2, -0.15) is 0 Å². The Kier molecular flexibility index (Phi) is 5.72. The van der Waals surface area contributed by atoms with Gasteiger partial charge in [-0.3, -0.25) is 4.90 Å². The molecule has 1 amide bonds. The molecule has 170 valence electrons. The average molecular weight is 437 g/mol. The monoisotopic (exact) mass is 436 g/mol. The topological polar surface area (TPSA) is 60.0 Å². The lowest BCUT2D eigenvalue weighted by molar-refractivity contribution is -0.0358. The van der Waals surface area contributed by atoms with E-state index in [1.165, 1.54) is 0 Å². The minimum atomic E-state index is -0.518. The molecule has 1 unspecified atom stereocenters. The van der Waals surface area contributed by atoms with Crippen molar-refractivity contribution in [3.05, 3.63) is 48.0 Å². The molecule has 6 rings (SSSR count). The highest BCUT2D eigenvalue weighted by Gasteiger charge is 2.39. The van der Waals surface area contributed by atoms with Gasteiger partial charge in [0.2, 0.25) is 0 Å². The average Bonchev–Trinajstić information content (AvgIpc) is 2.80. The molecule has 2 bridgehead atoms. The Balaban J connectivity index is 1.30. The van der Waals surface area contributed by atoms with Crippen LogP contribution in [0.5, 0.6) is 11.5 Å². The van der Waals surface area contributed by atoms with Crippen LogP contribution in [0.15, 0.2) is 42.5 Å². The molecule has 4 heterocycles. The van der Waals surface area contributed by atoms with E-state index in [-0.39, 0.29) is 12.2 Å². The smallest absolute Gasteiger partial charge is 0.408 e. The van der Waals surface area contributed by atoms with Crippen molar-refractivity contribution >= 4 is 6.09 Å². The SMILES string of the molecule is CCOc1ccc(-c2ccc3c(c2)OCCC3(C)NC(=O)O[C@@H]2CN3CCC2CC3)cc1. The molecule has 2 aromatic carbocycles. The van der Waals surface area contributed by atoms with Crippen LogP contribution in [-0.2, 0) is 10.3 Å².